The summed E-state index contributed by atoms with van der Waals surface area (Å²) in [6.07, 6.45) is 0. The lowest BCUT2D eigenvalue weighted by atomic mass is 10.2. The highest BCUT2D eigenvalue weighted by Crippen LogP contribution is 2.23. The average molecular weight is 405 g/mol. The molecule has 0 spiro atoms. The van der Waals surface area contributed by atoms with Crippen molar-refractivity contribution in [2.75, 3.05) is 4.72 Å². The van der Waals surface area contributed by atoms with E-state index >= 15 is 0 Å². The second-order valence-corrected chi connectivity index (χ2v) is 7.48. The number of hydrogen-bond acceptors (Lipinski definition) is 2. The highest BCUT2D eigenvalue weighted by molar-refractivity contribution is 9.10. The number of anilines is 1. The van der Waals surface area contributed by atoms with Crippen molar-refractivity contribution in [1.29, 1.82) is 0 Å². The summed E-state index contributed by atoms with van der Waals surface area (Å²) in [6.45, 7) is 1.85. The first-order valence-corrected chi connectivity index (χ1v) is 8.50. The molecule has 2 rings (SSSR count). The molecule has 0 heterocycles. The van der Waals surface area contributed by atoms with Gasteiger partial charge < -0.3 is 0 Å². The van der Waals surface area contributed by atoms with Crippen LogP contribution in [-0.2, 0) is 10.0 Å². The molecule has 1 N–H and O–H groups in total. The van der Waals surface area contributed by atoms with Gasteiger partial charge in [-0.25, -0.2) is 8.42 Å². The highest BCUT2D eigenvalue weighted by Gasteiger charge is 2.15. The Labute approximate surface area is 129 Å². The van der Waals surface area contributed by atoms with Gasteiger partial charge in [-0.15, -0.1) is 0 Å². The Kier molecular flexibility index (Phi) is 4.32. The number of aryl methyl sites for hydroxylation is 1. The van der Waals surface area contributed by atoms with Gasteiger partial charge in [0.05, 0.1) is 4.90 Å². The Morgan fingerprint density at radius 2 is 1.79 bits per heavy atom. The van der Waals surface area contributed by atoms with Crippen molar-refractivity contribution in [2.45, 2.75) is 11.8 Å². The van der Waals surface area contributed by atoms with Crippen LogP contribution in [0.3, 0.4) is 0 Å². The number of rotatable bonds is 3. The normalized spacial score (nSPS) is 11.3. The molecule has 0 amide bonds. The van der Waals surface area contributed by atoms with Crippen molar-refractivity contribution in [3.8, 4) is 0 Å². The molecule has 6 heteroatoms. The SMILES string of the molecule is Cc1cc(S(=O)(=O)Nc2cccc(Br)c2)ccc1Br. The minimum atomic E-state index is -3.56. The second-order valence-electron chi connectivity index (χ2n) is 4.03. The largest absolute Gasteiger partial charge is 0.280 e. The molecule has 0 saturated heterocycles. The Bertz CT molecular complexity index is 714. The van der Waals surface area contributed by atoms with Crippen LogP contribution in [0.2, 0.25) is 0 Å². The van der Waals surface area contributed by atoms with Gasteiger partial charge in [0.15, 0.2) is 0 Å². The molecule has 0 radical (unpaired) electrons. The zero-order valence-corrected chi connectivity index (χ0v) is 14.0. The van der Waals surface area contributed by atoms with E-state index in [9.17, 15) is 8.42 Å². The molecular weight excluding hydrogens is 394 g/mol. The van der Waals surface area contributed by atoms with Gasteiger partial charge in [0.1, 0.15) is 0 Å². The van der Waals surface area contributed by atoms with Crippen LogP contribution in [0.4, 0.5) is 5.69 Å². The Morgan fingerprint density at radius 3 is 2.42 bits per heavy atom. The Morgan fingerprint density at radius 1 is 1.05 bits per heavy atom. The molecule has 3 nitrogen and oxygen atoms in total. The van der Waals surface area contributed by atoms with Crippen molar-refractivity contribution in [3.05, 3.63) is 57.0 Å². The van der Waals surface area contributed by atoms with E-state index in [2.05, 4.69) is 36.6 Å². The van der Waals surface area contributed by atoms with E-state index in [-0.39, 0.29) is 4.90 Å². The summed E-state index contributed by atoms with van der Waals surface area (Å²) in [7, 11) is -3.56. The molecular formula is C13H11Br2NO2S. The van der Waals surface area contributed by atoms with Crippen LogP contribution >= 0.6 is 31.9 Å². The van der Waals surface area contributed by atoms with Crippen molar-refractivity contribution in [1.82, 2.24) is 0 Å². The fraction of sp³-hybridized carbons (Fsp3) is 0.0769. The third-order valence-corrected chi connectivity index (χ3v) is 5.28. The first-order valence-electron chi connectivity index (χ1n) is 5.43. The lowest BCUT2D eigenvalue weighted by Crippen LogP contribution is -2.13. The van der Waals surface area contributed by atoms with Gasteiger partial charge in [0.25, 0.3) is 10.0 Å². The first-order chi connectivity index (χ1) is 8.88. The van der Waals surface area contributed by atoms with E-state index in [4.69, 9.17) is 0 Å². The van der Waals surface area contributed by atoms with Gasteiger partial charge in [-0.3, -0.25) is 4.72 Å². The monoisotopic (exact) mass is 403 g/mol. The minimum Gasteiger partial charge on any atom is -0.280 e. The summed E-state index contributed by atoms with van der Waals surface area (Å²) in [5.41, 5.74) is 1.40. The molecule has 0 aliphatic heterocycles. The molecule has 19 heavy (non-hydrogen) atoms. The molecule has 0 bridgehead atoms. The molecule has 0 saturated carbocycles. The van der Waals surface area contributed by atoms with E-state index in [1.165, 1.54) is 0 Å². The number of nitrogens with one attached hydrogen (secondary N) is 1. The number of hydrogen-bond donors (Lipinski definition) is 1. The third-order valence-electron chi connectivity index (χ3n) is 2.52. The summed E-state index contributed by atoms with van der Waals surface area (Å²) >= 11 is 6.66. The maximum atomic E-state index is 12.2. The van der Waals surface area contributed by atoms with Crippen LogP contribution in [0.15, 0.2) is 56.3 Å². The van der Waals surface area contributed by atoms with E-state index in [1.54, 1.807) is 36.4 Å². The van der Waals surface area contributed by atoms with Gasteiger partial charge in [0.2, 0.25) is 0 Å². The van der Waals surface area contributed by atoms with Crippen molar-refractivity contribution in [2.24, 2.45) is 0 Å². The van der Waals surface area contributed by atoms with Crippen LogP contribution in [0.25, 0.3) is 0 Å². The van der Waals surface area contributed by atoms with Gasteiger partial charge >= 0.3 is 0 Å². The fourth-order valence-corrected chi connectivity index (χ4v) is 3.33. The molecule has 0 aromatic heterocycles. The predicted molar refractivity (Wildman–Crippen MR) is 83.8 cm³/mol. The van der Waals surface area contributed by atoms with Crippen LogP contribution < -0.4 is 4.72 Å². The molecule has 0 fully saturated rings. The first kappa shape index (κ1) is 14.6. The van der Waals surface area contributed by atoms with Crippen LogP contribution in [0.5, 0.6) is 0 Å². The summed E-state index contributed by atoms with van der Waals surface area (Å²) < 4.78 is 28.7. The van der Waals surface area contributed by atoms with Gasteiger partial charge in [-0.2, -0.15) is 0 Å². The number of sulfonamides is 1. The second kappa shape index (κ2) is 5.64. The minimum absolute atomic E-state index is 0.244. The van der Waals surface area contributed by atoms with Gasteiger partial charge in [0, 0.05) is 14.6 Å². The molecule has 100 valence electrons. The lowest BCUT2D eigenvalue weighted by molar-refractivity contribution is 0.601. The topological polar surface area (TPSA) is 46.2 Å². The lowest BCUT2D eigenvalue weighted by Gasteiger charge is -2.09. The van der Waals surface area contributed by atoms with Gasteiger partial charge in [-0.05, 0) is 48.9 Å². The van der Waals surface area contributed by atoms with E-state index in [0.717, 1.165) is 14.5 Å². The predicted octanol–water partition coefficient (Wildman–Crippen LogP) is 4.32. The van der Waals surface area contributed by atoms with E-state index < -0.39 is 10.0 Å². The van der Waals surface area contributed by atoms with Crippen molar-refractivity contribution < 1.29 is 8.42 Å². The van der Waals surface area contributed by atoms with Gasteiger partial charge in [-0.1, -0.05) is 37.9 Å². The molecule has 2 aromatic rings. The Hall–Kier alpha value is -0.850. The number of benzene rings is 2. The molecule has 2 aromatic carbocycles. The smallest absolute Gasteiger partial charge is 0.261 e. The molecule has 0 unspecified atom stereocenters. The third kappa shape index (κ3) is 3.58. The highest BCUT2D eigenvalue weighted by atomic mass is 79.9. The summed E-state index contributed by atoms with van der Waals surface area (Å²) in [6, 6.07) is 11.9. The maximum Gasteiger partial charge on any atom is 0.261 e. The maximum absolute atomic E-state index is 12.2. The molecule has 0 atom stereocenters. The average Bonchev–Trinajstić information content (AvgIpc) is 2.32. The summed E-state index contributed by atoms with van der Waals surface area (Å²) in [5.74, 6) is 0. The van der Waals surface area contributed by atoms with Crippen LogP contribution in [0, 0.1) is 6.92 Å². The fourth-order valence-electron chi connectivity index (χ4n) is 1.55. The quantitative estimate of drug-likeness (QED) is 0.827. The standard InChI is InChI=1S/C13H11Br2NO2S/c1-9-7-12(5-6-13(9)15)19(17,18)16-11-4-2-3-10(14)8-11/h2-8,16H,1H3. The van der Waals surface area contributed by atoms with Crippen molar-refractivity contribution >= 4 is 47.6 Å². The number of halogens is 2. The van der Waals surface area contributed by atoms with Crippen molar-refractivity contribution in [3.63, 3.8) is 0 Å². The van der Waals surface area contributed by atoms with E-state index in [1.807, 2.05) is 13.0 Å². The molecule has 0 aliphatic carbocycles. The molecule has 0 aliphatic rings. The van der Waals surface area contributed by atoms with E-state index in [0.29, 0.717) is 5.69 Å². The zero-order valence-electron chi connectivity index (χ0n) is 10.0. The van der Waals surface area contributed by atoms with Crippen LogP contribution in [-0.4, -0.2) is 8.42 Å². The zero-order chi connectivity index (χ0) is 14.0. The van der Waals surface area contributed by atoms with Crippen LogP contribution in [0.1, 0.15) is 5.56 Å². The Balaban J connectivity index is 2.35. The summed E-state index contributed by atoms with van der Waals surface area (Å²) in [5, 5.41) is 0. The summed E-state index contributed by atoms with van der Waals surface area (Å²) in [4.78, 5) is 0.244.